The van der Waals surface area contributed by atoms with Crippen LogP contribution in [0.5, 0.6) is 0 Å². The summed E-state index contributed by atoms with van der Waals surface area (Å²) < 4.78 is 26.6. The molecule has 1 amide bonds. The van der Waals surface area contributed by atoms with Crippen LogP contribution in [0.25, 0.3) is 0 Å². The molecule has 0 unspecified atom stereocenters. The molecular weight excluding hydrogens is 238 g/mol. The summed E-state index contributed by atoms with van der Waals surface area (Å²) in [6.45, 7) is 0.681. The standard InChI is InChI=1S/C8H13NO6S/c1-5(10)15-2-8(12)9-6-3-16(13,14)4-7(6)11/h6-7,11H,2-4H2,1H3,(H,9,12)/t6-,7-/m1/s1. The van der Waals surface area contributed by atoms with E-state index in [1.54, 1.807) is 0 Å². The number of hydrogen-bond acceptors (Lipinski definition) is 6. The van der Waals surface area contributed by atoms with Gasteiger partial charge in [-0.2, -0.15) is 0 Å². The first kappa shape index (κ1) is 12.9. The summed E-state index contributed by atoms with van der Waals surface area (Å²) in [6.07, 6.45) is -1.11. The summed E-state index contributed by atoms with van der Waals surface area (Å²) >= 11 is 0. The Labute approximate surface area is 92.7 Å². The lowest BCUT2D eigenvalue weighted by Gasteiger charge is -2.14. The predicted molar refractivity (Wildman–Crippen MR) is 53.2 cm³/mol. The van der Waals surface area contributed by atoms with E-state index < -0.39 is 40.5 Å². The van der Waals surface area contributed by atoms with Crippen LogP contribution in [0, 0.1) is 0 Å². The first-order valence-electron chi connectivity index (χ1n) is 4.61. The normalized spacial score (nSPS) is 27.4. The highest BCUT2D eigenvalue weighted by Gasteiger charge is 2.37. The van der Waals surface area contributed by atoms with E-state index in [1.165, 1.54) is 0 Å². The van der Waals surface area contributed by atoms with Gasteiger partial charge in [0.15, 0.2) is 16.4 Å². The number of hydrogen-bond donors (Lipinski definition) is 2. The third-order valence-corrected chi connectivity index (χ3v) is 3.79. The van der Waals surface area contributed by atoms with Gasteiger partial charge >= 0.3 is 5.97 Å². The Morgan fingerprint density at radius 2 is 2.06 bits per heavy atom. The molecule has 0 aromatic carbocycles. The zero-order chi connectivity index (χ0) is 12.3. The van der Waals surface area contributed by atoms with E-state index in [4.69, 9.17) is 0 Å². The van der Waals surface area contributed by atoms with E-state index in [0.717, 1.165) is 6.92 Å². The third kappa shape index (κ3) is 3.78. The number of carbonyl (C=O) groups is 2. The van der Waals surface area contributed by atoms with Crippen LogP contribution in [0.4, 0.5) is 0 Å². The molecule has 1 heterocycles. The average Bonchev–Trinajstić information content (AvgIpc) is 2.36. The van der Waals surface area contributed by atoms with E-state index in [0.29, 0.717) is 0 Å². The molecule has 0 radical (unpaired) electrons. The third-order valence-electron chi connectivity index (χ3n) is 2.08. The van der Waals surface area contributed by atoms with Crippen molar-refractivity contribution in [2.24, 2.45) is 0 Å². The van der Waals surface area contributed by atoms with Gasteiger partial charge in [-0.15, -0.1) is 0 Å². The Morgan fingerprint density at radius 1 is 1.44 bits per heavy atom. The highest BCUT2D eigenvalue weighted by atomic mass is 32.2. The molecule has 1 aliphatic rings. The number of nitrogens with one attached hydrogen (secondary N) is 1. The molecule has 0 saturated carbocycles. The molecule has 8 heteroatoms. The predicted octanol–water partition coefficient (Wildman–Crippen LogP) is -2.18. The molecule has 1 aliphatic heterocycles. The summed E-state index contributed by atoms with van der Waals surface area (Å²) in [5.41, 5.74) is 0. The van der Waals surface area contributed by atoms with Crippen molar-refractivity contribution in [1.29, 1.82) is 0 Å². The molecule has 0 spiro atoms. The lowest BCUT2D eigenvalue weighted by atomic mass is 10.2. The van der Waals surface area contributed by atoms with Gasteiger partial charge in [-0.05, 0) is 0 Å². The number of esters is 1. The van der Waals surface area contributed by atoms with Gasteiger partial charge in [-0.3, -0.25) is 9.59 Å². The molecule has 2 N–H and O–H groups in total. The van der Waals surface area contributed by atoms with Gasteiger partial charge in [0.1, 0.15) is 0 Å². The van der Waals surface area contributed by atoms with Crippen LogP contribution >= 0.6 is 0 Å². The number of aliphatic hydroxyl groups is 1. The minimum absolute atomic E-state index is 0.292. The largest absolute Gasteiger partial charge is 0.456 e. The number of carbonyl (C=O) groups excluding carboxylic acids is 2. The van der Waals surface area contributed by atoms with Crippen LogP contribution < -0.4 is 5.32 Å². The van der Waals surface area contributed by atoms with Gasteiger partial charge in [0.25, 0.3) is 5.91 Å². The molecule has 1 fully saturated rings. The van der Waals surface area contributed by atoms with Gasteiger partial charge in [0.05, 0.1) is 23.7 Å². The Balaban J connectivity index is 2.43. The lowest BCUT2D eigenvalue weighted by molar-refractivity contribution is -0.146. The van der Waals surface area contributed by atoms with Gasteiger partial charge in [-0.1, -0.05) is 0 Å². The average molecular weight is 251 g/mol. The molecule has 2 atom stereocenters. The van der Waals surface area contributed by atoms with Crippen molar-refractivity contribution < 1.29 is 27.9 Å². The van der Waals surface area contributed by atoms with E-state index in [9.17, 15) is 23.1 Å². The maximum Gasteiger partial charge on any atom is 0.303 e. The number of ether oxygens (including phenoxy) is 1. The van der Waals surface area contributed by atoms with Crippen molar-refractivity contribution in [3.05, 3.63) is 0 Å². The van der Waals surface area contributed by atoms with Crippen LogP contribution in [0.1, 0.15) is 6.92 Å². The van der Waals surface area contributed by atoms with Crippen molar-refractivity contribution in [3.63, 3.8) is 0 Å². The summed E-state index contributed by atoms with van der Waals surface area (Å²) in [5, 5.41) is 11.6. The fourth-order valence-corrected chi connectivity index (χ4v) is 3.12. The molecule has 16 heavy (non-hydrogen) atoms. The van der Waals surface area contributed by atoms with Gasteiger partial charge in [0, 0.05) is 6.92 Å². The molecular formula is C8H13NO6S. The summed E-state index contributed by atoms with van der Waals surface area (Å²) in [4.78, 5) is 21.6. The second-order valence-electron chi connectivity index (χ2n) is 3.60. The van der Waals surface area contributed by atoms with E-state index in [2.05, 4.69) is 10.1 Å². The lowest BCUT2D eigenvalue weighted by Crippen LogP contribution is -2.44. The molecule has 1 rings (SSSR count). The molecule has 0 aliphatic carbocycles. The first-order valence-corrected chi connectivity index (χ1v) is 6.43. The van der Waals surface area contributed by atoms with Crippen molar-refractivity contribution in [2.75, 3.05) is 18.1 Å². The van der Waals surface area contributed by atoms with E-state index in [1.807, 2.05) is 0 Å². The summed E-state index contributed by atoms with van der Waals surface area (Å²) in [6, 6.07) is -0.826. The van der Waals surface area contributed by atoms with Crippen molar-refractivity contribution in [2.45, 2.75) is 19.1 Å². The second kappa shape index (κ2) is 4.79. The highest BCUT2D eigenvalue weighted by Crippen LogP contribution is 2.12. The zero-order valence-electron chi connectivity index (χ0n) is 8.67. The smallest absolute Gasteiger partial charge is 0.303 e. The number of sulfone groups is 1. The maximum atomic E-state index is 11.2. The first-order chi connectivity index (χ1) is 7.30. The molecule has 7 nitrogen and oxygen atoms in total. The second-order valence-corrected chi connectivity index (χ2v) is 5.75. The minimum Gasteiger partial charge on any atom is -0.456 e. The Bertz CT molecular complexity index is 389. The Kier molecular flexibility index (Phi) is 3.87. The Hall–Kier alpha value is -1.15. The van der Waals surface area contributed by atoms with Crippen molar-refractivity contribution in [1.82, 2.24) is 5.32 Å². The van der Waals surface area contributed by atoms with Crippen molar-refractivity contribution in [3.8, 4) is 0 Å². The van der Waals surface area contributed by atoms with Crippen LogP contribution in [-0.4, -0.2) is 55.7 Å². The minimum atomic E-state index is -3.29. The van der Waals surface area contributed by atoms with Crippen LogP contribution in [0.3, 0.4) is 0 Å². The molecule has 0 bridgehead atoms. The number of aliphatic hydroxyl groups excluding tert-OH is 1. The molecule has 1 saturated heterocycles. The van der Waals surface area contributed by atoms with Crippen LogP contribution in [-0.2, 0) is 24.2 Å². The quantitative estimate of drug-likeness (QED) is 0.552. The summed E-state index contributed by atoms with van der Waals surface area (Å²) in [5.74, 6) is -1.88. The number of rotatable bonds is 3. The van der Waals surface area contributed by atoms with Crippen LogP contribution in [0.2, 0.25) is 0 Å². The van der Waals surface area contributed by atoms with Crippen LogP contribution in [0.15, 0.2) is 0 Å². The van der Waals surface area contributed by atoms with Gasteiger partial charge in [0.2, 0.25) is 0 Å². The molecule has 0 aromatic heterocycles. The van der Waals surface area contributed by atoms with Gasteiger partial charge in [-0.25, -0.2) is 8.42 Å². The fourth-order valence-electron chi connectivity index (χ4n) is 1.38. The number of amides is 1. The highest BCUT2D eigenvalue weighted by molar-refractivity contribution is 7.91. The topological polar surface area (TPSA) is 110 Å². The molecule has 92 valence electrons. The maximum absolute atomic E-state index is 11.2. The van der Waals surface area contributed by atoms with Gasteiger partial charge < -0.3 is 15.2 Å². The Morgan fingerprint density at radius 3 is 2.50 bits per heavy atom. The van der Waals surface area contributed by atoms with Crippen molar-refractivity contribution >= 4 is 21.7 Å². The van der Waals surface area contributed by atoms with E-state index >= 15 is 0 Å². The fraction of sp³-hybridized carbons (Fsp3) is 0.750. The zero-order valence-corrected chi connectivity index (χ0v) is 9.49. The molecule has 0 aromatic rings. The SMILES string of the molecule is CC(=O)OCC(=O)N[C@@H]1CS(=O)(=O)C[C@H]1O. The summed E-state index contributed by atoms with van der Waals surface area (Å²) in [7, 11) is -3.29. The van der Waals surface area contributed by atoms with E-state index in [-0.39, 0.29) is 11.5 Å². The monoisotopic (exact) mass is 251 g/mol.